The van der Waals surface area contributed by atoms with Gasteiger partial charge in [0.1, 0.15) is 24.4 Å². The molecule has 6 heteroatoms. The number of hydrogen-bond acceptors (Lipinski definition) is 6. The van der Waals surface area contributed by atoms with Crippen LogP contribution in [0.25, 0.3) is 0 Å². The highest BCUT2D eigenvalue weighted by Gasteiger charge is 2.43. The van der Waals surface area contributed by atoms with E-state index in [2.05, 4.69) is 0 Å². The molecule has 19 heavy (non-hydrogen) atoms. The molecule has 0 bridgehead atoms. The van der Waals surface area contributed by atoms with Gasteiger partial charge in [0.25, 0.3) is 0 Å². The second-order valence-electron chi connectivity index (χ2n) is 4.49. The van der Waals surface area contributed by atoms with Gasteiger partial charge in [-0.05, 0) is 5.56 Å². The maximum absolute atomic E-state index is 9.76. The van der Waals surface area contributed by atoms with Crippen molar-refractivity contribution in [2.45, 2.75) is 37.3 Å². The molecule has 1 saturated heterocycles. The molecule has 0 aliphatic carbocycles. The standard InChI is InChI=1S/C13H18O6/c14-6-9-10(15)11(16)12(17)13(19-9)18-7-8-4-2-1-3-5-8/h1-5,9-17H,6-7H2/t9?,10-,11-,12?,13-/m1/s1. The lowest BCUT2D eigenvalue weighted by Crippen LogP contribution is -2.59. The molecule has 6 nitrogen and oxygen atoms in total. The van der Waals surface area contributed by atoms with Crippen LogP contribution in [0, 0.1) is 0 Å². The molecule has 1 aromatic rings. The normalized spacial score (nSPS) is 35.3. The topological polar surface area (TPSA) is 99.4 Å². The van der Waals surface area contributed by atoms with E-state index in [9.17, 15) is 15.3 Å². The van der Waals surface area contributed by atoms with Crippen LogP contribution in [0.2, 0.25) is 0 Å². The molecule has 4 N–H and O–H groups in total. The predicted octanol–water partition coefficient (Wildman–Crippen LogP) is -0.997. The molecular formula is C13H18O6. The molecule has 0 aromatic heterocycles. The van der Waals surface area contributed by atoms with E-state index in [4.69, 9.17) is 14.6 Å². The van der Waals surface area contributed by atoms with Crippen LogP contribution in [0.4, 0.5) is 0 Å². The van der Waals surface area contributed by atoms with Crippen molar-refractivity contribution in [2.24, 2.45) is 0 Å². The van der Waals surface area contributed by atoms with Gasteiger partial charge in [0.15, 0.2) is 6.29 Å². The van der Waals surface area contributed by atoms with Crippen molar-refractivity contribution in [3.05, 3.63) is 35.9 Å². The van der Waals surface area contributed by atoms with E-state index in [1.807, 2.05) is 30.3 Å². The van der Waals surface area contributed by atoms with Crippen LogP contribution in [-0.4, -0.2) is 57.7 Å². The molecule has 1 heterocycles. The zero-order valence-electron chi connectivity index (χ0n) is 10.3. The predicted molar refractivity (Wildman–Crippen MR) is 65.0 cm³/mol. The van der Waals surface area contributed by atoms with Gasteiger partial charge in [-0.2, -0.15) is 0 Å². The van der Waals surface area contributed by atoms with Crippen molar-refractivity contribution in [1.29, 1.82) is 0 Å². The summed E-state index contributed by atoms with van der Waals surface area (Å²) < 4.78 is 10.6. The van der Waals surface area contributed by atoms with Crippen molar-refractivity contribution in [3.8, 4) is 0 Å². The summed E-state index contributed by atoms with van der Waals surface area (Å²) >= 11 is 0. The first-order chi connectivity index (χ1) is 9.13. The number of ether oxygens (including phenoxy) is 2. The molecule has 1 aliphatic rings. The molecule has 2 rings (SSSR count). The van der Waals surface area contributed by atoms with E-state index in [-0.39, 0.29) is 6.61 Å². The Morgan fingerprint density at radius 3 is 2.32 bits per heavy atom. The maximum atomic E-state index is 9.76. The zero-order chi connectivity index (χ0) is 13.8. The zero-order valence-corrected chi connectivity index (χ0v) is 10.3. The quantitative estimate of drug-likeness (QED) is 0.560. The molecule has 0 spiro atoms. The van der Waals surface area contributed by atoms with Crippen LogP contribution in [0.15, 0.2) is 30.3 Å². The average Bonchev–Trinajstić information content (AvgIpc) is 2.45. The van der Waals surface area contributed by atoms with Crippen molar-refractivity contribution in [1.82, 2.24) is 0 Å². The molecule has 106 valence electrons. The summed E-state index contributed by atoms with van der Waals surface area (Å²) in [4.78, 5) is 0. The van der Waals surface area contributed by atoms with Crippen LogP contribution >= 0.6 is 0 Å². The Bertz CT molecular complexity index is 382. The highest BCUT2D eigenvalue weighted by atomic mass is 16.7. The third-order valence-corrected chi connectivity index (χ3v) is 3.11. The van der Waals surface area contributed by atoms with Crippen molar-refractivity contribution in [2.75, 3.05) is 6.61 Å². The lowest BCUT2D eigenvalue weighted by atomic mass is 9.99. The van der Waals surface area contributed by atoms with Gasteiger partial charge >= 0.3 is 0 Å². The number of hydrogen-bond donors (Lipinski definition) is 4. The number of aliphatic hydroxyl groups is 4. The van der Waals surface area contributed by atoms with E-state index in [0.717, 1.165) is 5.56 Å². The Morgan fingerprint density at radius 1 is 1.00 bits per heavy atom. The molecular weight excluding hydrogens is 252 g/mol. The molecule has 1 fully saturated rings. The average molecular weight is 270 g/mol. The molecule has 5 atom stereocenters. The summed E-state index contributed by atoms with van der Waals surface area (Å²) in [6, 6.07) is 9.28. The van der Waals surface area contributed by atoms with Crippen molar-refractivity contribution in [3.63, 3.8) is 0 Å². The first-order valence-corrected chi connectivity index (χ1v) is 6.09. The minimum atomic E-state index is -1.41. The monoisotopic (exact) mass is 270 g/mol. The number of aliphatic hydroxyl groups excluding tert-OH is 4. The van der Waals surface area contributed by atoms with Crippen LogP contribution < -0.4 is 0 Å². The Balaban J connectivity index is 1.95. The van der Waals surface area contributed by atoms with Crippen molar-refractivity contribution < 1.29 is 29.9 Å². The third kappa shape index (κ3) is 3.30. The molecule has 0 radical (unpaired) electrons. The fourth-order valence-corrected chi connectivity index (χ4v) is 1.96. The van der Waals surface area contributed by atoms with Crippen LogP contribution in [-0.2, 0) is 16.1 Å². The summed E-state index contributed by atoms with van der Waals surface area (Å²) in [5, 5.41) is 38.0. The third-order valence-electron chi connectivity index (χ3n) is 3.11. The van der Waals surface area contributed by atoms with Gasteiger partial charge in [0, 0.05) is 0 Å². The van der Waals surface area contributed by atoms with Crippen LogP contribution in [0.1, 0.15) is 5.56 Å². The highest BCUT2D eigenvalue weighted by Crippen LogP contribution is 2.22. The van der Waals surface area contributed by atoms with E-state index in [1.54, 1.807) is 0 Å². The minimum Gasteiger partial charge on any atom is -0.394 e. The van der Waals surface area contributed by atoms with E-state index < -0.39 is 37.3 Å². The Morgan fingerprint density at radius 2 is 1.68 bits per heavy atom. The van der Waals surface area contributed by atoms with Gasteiger partial charge in [-0.15, -0.1) is 0 Å². The lowest BCUT2D eigenvalue weighted by molar-refractivity contribution is -0.304. The number of rotatable bonds is 4. The fourth-order valence-electron chi connectivity index (χ4n) is 1.96. The molecule has 1 aromatic carbocycles. The summed E-state index contributed by atoms with van der Waals surface area (Å²) in [5.74, 6) is 0. The maximum Gasteiger partial charge on any atom is 0.187 e. The molecule has 0 amide bonds. The van der Waals surface area contributed by atoms with E-state index >= 15 is 0 Å². The van der Waals surface area contributed by atoms with Gasteiger partial charge in [0.05, 0.1) is 13.2 Å². The largest absolute Gasteiger partial charge is 0.394 e. The van der Waals surface area contributed by atoms with Gasteiger partial charge in [-0.3, -0.25) is 0 Å². The molecule has 0 saturated carbocycles. The summed E-state index contributed by atoms with van der Waals surface area (Å²) in [5.41, 5.74) is 0.888. The summed E-state index contributed by atoms with van der Waals surface area (Å²) in [6.45, 7) is -0.264. The van der Waals surface area contributed by atoms with Gasteiger partial charge in [-0.25, -0.2) is 0 Å². The summed E-state index contributed by atoms with van der Waals surface area (Å²) in [6.07, 6.45) is -6.17. The van der Waals surface area contributed by atoms with Crippen LogP contribution in [0.5, 0.6) is 0 Å². The molecule has 2 unspecified atom stereocenters. The number of benzene rings is 1. The fraction of sp³-hybridized carbons (Fsp3) is 0.538. The second-order valence-corrected chi connectivity index (χ2v) is 4.49. The second kappa shape index (κ2) is 6.42. The Hall–Kier alpha value is -1.02. The first-order valence-electron chi connectivity index (χ1n) is 6.09. The van der Waals surface area contributed by atoms with Gasteiger partial charge in [-0.1, -0.05) is 30.3 Å². The van der Waals surface area contributed by atoms with Gasteiger partial charge in [0.2, 0.25) is 0 Å². The molecule has 1 aliphatic heterocycles. The van der Waals surface area contributed by atoms with Crippen LogP contribution in [0.3, 0.4) is 0 Å². The smallest absolute Gasteiger partial charge is 0.187 e. The summed E-state index contributed by atoms with van der Waals surface area (Å²) in [7, 11) is 0. The minimum absolute atomic E-state index is 0.198. The van der Waals surface area contributed by atoms with Gasteiger partial charge < -0.3 is 29.9 Å². The van der Waals surface area contributed by atoms with E-state index in [0.29, 0.717) is 0 Å². The lowest BCUT2D eigenvalue weighted by Gasteiger charge is -2.39. The van der Waals surface area contributed by atoms with E-state index in [1.165, 1.54) is 0 Å². The SMILES string of the molecule is OCC1O[C@@H](OCc2ccccc2)C(O)[C@H](O)[C@@H]1O. The Kier molecular flexibility index (Phi) is 4.87. The van der Waals surface area contributed by atoms with Crippen molar-refractivity contribution >= 4 is 0 Å². The Labute approximate surface area is 110 Å². The highest BCUT2D eigenvalue weighted by molar-refractivity contribution is 5.13. The first kappa shape index (κ1) is 14.4.